The Morgan fingerprint density at radius 3 is 2.95 bits per heavy atom. The largest absolute Gasteiger partial charge is 0.350 e. The molecule has 0 aliphatic carbocycles. The summed E-state index contributed by atoms with van der Waals surface area (Å²) in [7, 11) is 1.81. The molecule has 2 amide bonds. The summed E-state index contributed by atoms with van der Waals surface area (Å²) in [6.07, 6.45) is 3.51. The van der Waals surface area contributed by atoms with Crippen LogP contribution in [-0.2, 0) is 23.2 Å². The summed E-state index contributed by atoms with van der Waals surface area (Å²) in [6, 6.07) is 7.46. The molecule has 0 radical (unpaired) electrons. The molecule has 2 N–H and O–H groups in total. The molecule has 0 saturated heterocycles. The third-order valence-electron chi connectivity index (χ3n) is 3.53. The summed E-state index contributed by atoms with van der Waals surface area (Å²) in [5.41, 5.74) is 1.64. The van der Waals surface area contributed by atoms with Crippen LogP contribution in [0, 0.1) is 0 Å². The number of hydrogen-bond acceptors (Lipinski definition) is 4. The molecular formula is C15H16N4O2S. The van der Waals surface area contributed by atoms with E-state index in [-0.39, 0.29) is 11.8 Å². The van der Waals surface area contributed by atoms with Gasteiger partial charge in [-0.15, -0.1) is 0 Å². The first kappa shape index (κ1) is 14.6. The molecule has 114 valence electrons. The zero-order valence-corrected chi connectivity index (χ0v) is 13.1. The van der Waals surface area contributed by atoms with Crippen LogP contribution < -0.4 is 10.6 Å². The predicted octanol–water partition coefficient (Wildman–Crippen LogP) is 1.54. The van der Waals surface area contributed by atoms with Crippen molar-refractivity contribution in [3.8, 4) is 0 Å². The van der Waals surface area contributed by atoms with Gasteiger partial charge in [0, 0.05) is 30.2 Å². The van der Waals surface area contributed by atoms with E-state index in [4.69, 9.17) is 0 Å². The van der Waals surface area contributed by atoms with Gasteiger partial charge in [0.05, 0.1) is 11.9 Å². The Bertz CT molecular complexity index is 743. The fourth-order valence-electron chi connectivity index (χ4n) is 2.23. The second-order valence-electron chi connectivity index (χ2n) is 5.29. The summed E-state index contributed by atoms with van der Waals surface area (Å²) >= 11 is 1.27. The van der Waals surface area contributed by atoms with E-state index >= 15 is 0 Å². The standard InChI is InChI=1S/C15H16N4O2S/c1-15(13(20)16-7-10-8-17-19(2)9-10)14(21)18-11-5-3-4-6-12(11)22-15/h3-6,8-9H,7H2,1-2H3,(H,16,20)(H,18,21)/t15-/m0/s1. The quantitative estimate of drug-likeness (QED) is 0.842. The number of thioether (sulfide) groups is 1. The minimum absolute atomic E-state index is 0.306. The van der Waals surface area contributed by atoms with Gasteiger partial charge in [0.2, 0.25) is 11.8 Å². The van der Waals surface area contributed by atoms with E-state index in [0.717, 1.165) is 16.1 Å². The van der Waals surface area contributed by atoms with E-state index < -0.39 is 4.75 Å². The van der Waals surface area contributed by atoms with E-state index in [1.54, 1.807) is 17.8 Å². The molecule has 1 aliphatic heterocycles. The lowest BCUT2D eigenvalue weighted by Crippen LogP contribution is -2.51. The Labute approximate surface area is 132 Å². The number of fused-ring (bicyclic) bond motifs is 1. The average molecular weight is 316 g/mol. The number of anilines is 1. The van der Waals surface area contributed by atoms with Crippen molar-refractivity contribution in [2.24, 2.45) is 7.05 Å². The summed E-state index contributed by atoms with van der Waals surface area (Å²) < 4.78 is 0.484. The highest BCUT2D eigenvalue weighted by atomic mass is 32.2. The maximum absolute atomic E-state index is 12.5. The van der Waals surface area contributed by atoms with E-state index in [0.29, 0.717) is 6.54 Å². The van der Waals surface area contributed by atoms with Crippen molar-refractivity contribution in [1.82, 2.24) is 15.1 Å². The summed E-state index contributed by atoms with van der Waals surface area (Å²) in [6.45, 7) is 1.99. The molecular weight excluding hydrogens is 300 g/mol. The summed E-state index contributed by atoms with van der Waals surface area (Å²) in [5.74, 6) is -0.617. The molecule has 0 unspecified atom stereocenters. The Kier molecular flexibility index (Phi) is 3.66. The number of rotatable bonds is 3. The number of carbonyl (C=O) groups is 2. The van der Waals surface area contributed by atoms with Crippen LogP contribution in [0.2, 0.25) is 0 Å². The SMILES string of the molecule is Cn1cc(CNC(=O)[C@]2(C)Sc3ccccc3NC2=O)cn1. The van der Waals surface area contributed by atoms with Crippen LogP contribution in [0.15, 0.2) is 41.6 Å². The van der Waals surface area contributed by atoms with Crippen molar-refractivity contribution in [3.05, 3.63) is 42.2 Å². The van der Waals surface area contributed by atoms with Crippen LogP contribution >= 0.6 is 11.8 Å². The highest BCUT2D eigenvalue weighted by Gasteiger charge is 2.45. The van der Waals surface area contributed by atoms with Gasteiger partial charge in [-0.1, -0.05) is 23.9 Å². The van der Waals surface area contributed by atoms with Crippen molar-refractivity contribution in [1.29, 1.82) is 0 Å². The minimum atomic E-state index is -1.18. The number of nitrogens with zero attached hydrogens (tertiary/aromatic N) is 2. The molecule has 22 heavy (non-hydrogen) atoms. The molecule has 0 spiro atoms. The summed E-state index contributed by atoms with van der Waals surface area (Å²) in [5, 5.41) is 9.66. The molecule has 1 aromatic carbocycles. The van der Waals surface area contributed by atoms with Crippen LogP contribution in [0.3, 0.4) is 0 Å². The predicted molar refractivity (Wildman–Crippen MR) is 84.4 cm³/mol. The van der Waals surface area contributed by atoms with E-state index in [2.05, 4.69) is 15.7 Å². The van der Waals surface area contributed by atoms with Crippen LogP contribution in [0.4, 0.5) is 5.69 Å². The number of aromatic nitrogens is 2. The van der Waals surface area contributed by atoms with Crippen LogP contribution in [-0.4, -0.2) is 26.3 Å². The van der Waals surface area contributed by atoms with Gasteiger partial charge in [0.1, 0.15) is 0 Å². The number of aryl methyl sites for hydroxylation is 1. The Hall–Kier alpha value is -2.28. The van der Waals surface area contributed by atoms with Crippen molar-refractivity contribution in [2.75, 3.05) is 5.32 Å². The van der Waals surface area contributed by atoms with Crippen LogP contribution in [0.1, 0.15) is 12.5 Å². The third kappa shape index (κ3) is 2.59. The fraction of sp³-hybridized carbons (Fsp3) is 0.267. The average Bonchev–Trinajstić information content (AvgIpc) is 2.91. The van der Waals surface area contributed by atoms with Crippen molar-refractivity contribution < 1.29 is 9.59 Å². The molecule has 7 heteroatoms. The maximum atomic E-state index is 12.5. The molecule has 2 aromatic rings. The lowest BCUT2D eigenvalue weighted by Gasteiger charge is -2.31. The Balaban J connectivity index is 1.75. The first-order valence-electron chi connectivity index (χ1n) is 6.84. The summed E-state index contributed by atoms with van der Waals surface area (Å²) in [4.78, 5) is 25.7. The first-order chi connectivity index (χ1) is 10.5. The van der Waals surface area contributed by atoms with E-state index in [1.807, 2.05) is 37.5 Å². The molecule has 1 aromatic heterocycles. The molecule has 1 atom stereocenters. The number of amides is 2. The van der Waals surface area contributed by atoms with Gasteiger partial charge < -0.3 is 10.6 Å². The van der Waals surface area contributed by atoms with Crippen LogP contribution in [0.5, 0.6) is 0 Å². The van der Waals surface area contributed by atoms with Gasteiger partial charge in [-0.25, -0.2) is 0 Å². The minimum Gasteiger partial charge on any atom is -0.350 e. The van der Waals surface area contributed by atoms with Crippen molar-refractivity contribution in [2.45, 2.75) is 23.1 Å². The highest BCUT2D eigenvalue weighted by Crippen LogP contribution is 2.42. The number of carbonyl (C=O) groups excluding carboxylic acids is 2. The second kappa shape index (κ2) is 5.49. The Morgan fingerprint density at radius 1 is 1.45 bits per heavy atom. The van der Waals surface area contributed by atoms with Gasteiger partial charge >= 0.3 is 0 Å². The number of hydrogen-bond donors (Lipinski definition) is 2. The normalized spacial score (nSPS) is 20.2. The number of nitrogens with one attached hydrogen (secondary N) is 2. The second-order valence-corrected chi connectivity index (χ2v) is 6.75. The third-order valence-corrected chi connectivity index (χ3v) is 4.88. The lowest BCUT2D eigenvalue weighted by atomic mass is 10.1. The van der Waals surface area contributed by atoms with Crippen molar-refractivity contribution >= 4 is 29.3 Å². The zero-order chi connectivity index (χ0) is 15.7. The van der Waals surface area contributed by atoms with Crippen molar-refractivity contribution in [3.63, 3.8) is 0 Å². The van der Waals surface area contributed by atoms with Gasteiger partial charge in [-0.3, -0.25) is 14.3 Å². The van der Waals surface area contributed by atoms with Gasteiger partial charge in [-0.2, -0.15) is 5.10 Å². The van der Waals surface area contributed by atoms with Gasteiger partial charge in [0.25, 0.3) is 0 Å². The topological polar surface area (TPSA) is 76.0 Å². The van der Waals surface area contributed by atoms with E-state index in [1.165, 1.54) is 11.8 Å². The highest BCUT2D eigenvalue weighted by molar-refractivity contribution is 8.02. The lowest BCUT2D eigenvalue weighted by molar-refractivity contribution is -0.130. The van der Waals surface area contributed by atoms with E-state index in [9.17, 15) is 9.59 Å². The smallest absolute Gasteiger partial charge is 0.250 e. The Morgan fingerprint density at radius 2 is 2.23 bits per heavy atom. The molecule has 6 nitrogen and oxygen atoms in total. The number of benzene rings is 1. The van der Waals surface area contributed by atoms with Gasteiger partial charge in [0.15, 0.2) is 4.75 Å². The first-order valence-corrected chi connectivity index (χ1v) is 7.66. The molecule has 0 bridgehead atoms. The van der Waals surface area contributed by atoms with Crippen LogP contribution in [0.25, 0.3) is 0 Å². The fourth-order valence-corrected chi connectivity index (χ4v) is 3.35. The molecule has 0 saturated carbocycles. The number of para-hydroxylation sites is 1. The maximum Gasteiger partial charge on any atom is 0.250 e. The zero-order valence-electron chi connectivity index (χ0n) is 12.3. The van der Waals surface area contributed by atoms with Gasteiger partial charge in [-0.05, 0) is 19.1 Å². The molecule has 2 heterocycles. The monoisotopic (exact) mass is 316 g/mol. The molecule has 3 rings (SSSR count). The molecule has 1 aliphatic rings. The molecule has 0 fully saturated rings.